The second-order valence-electron chi connectivity index (χ2n) is 5.25. The highest BCUT2D eigenvalue weighted by Crippen LogP contribution is 2.61. The van der Waals surface area contributed by atoms with Crippen LogP contribution in [0.15, 0.2) is 23.7 Å². The van der Waals surface area contributed by atoms with Crippen LogP contribution in [0.2, 0.25) is 0 Å². The molecule has 0 bridgehead atoms. The Labute approximate surface area is 120 Å². The van der Waals surface area contributed by atoms with E-state index in [4.69, 9.17) is 0 Å². The van der Waals surface area contributed by atoms with Crippen molar-refractivity contribution in [1.29, 1.82) is 0 Å². The minimum absolute atomic E-state index is 0.161. The van der Waals surface area contributed by atoms with Crippen molar-refractivity contribution in [3.05, 3.63) is 23.7 Å². The van der Waals surface area contributed by atoms with Gasteiger partial charge in [-0.15, -0.1) is 23.5 Å². The van der Waals surface area contributed by atoms with Crippen LogP contribution in [0.25, 0.3) is 0 Å². The van der Waals surface area contributed by atoms with E-state index in [-0.39, 0.29) is 27.4 Å². The fourth-order valence-electron chi connectivity index (χ4n) is 3.38. The van der Waals surface area contributed by atoms with Crippen molar-refractivity contribution in [3.63, 3.8) is 0 Å². The number of allylic oxidation sites excluding steroid dienone is 4. The predicted molar refractivity (Wildman–Crippen MR) is 76.4 cm³/mol. The first-order chi connectivity index (χ1) is 9.03. The summed E-state index contributed by atoms with van der Waals surface area (Å²) < 4.78 is -0.297. The van der Waals surface area contributed by atoms with Crippen molar-refractivity contribution < 1.29 is 20.1 Å². The summed E-state index contributed by atoms with van der Waals surface area (Å²) in [7, 11) is 0. The molecule has 3 atom stereocenters. The minimum Gasteiger partial charge on any atom is -0.512 e. The maximum absolute atomic E-state index is 11.4. The average molecular weight is 300 g/mol. The van der Waals surface area contributed by atoms with Crippen molar-refractivity contribution >= 4 is 29.5 Å². The molecular weight excluding hydrogens is 284 g/mol. The van der Waals surface area contributed by atoms with Gasteiger partial charge < -0.3 is 15.3 Å². The van der Waals surface area contributed by atoms with Crippen LogP contribution in [-0.4, -0.2) is 36.9 Å². The molecule has 104 valence electrons. The van der Waals surface area contributed by atoms with Gasteiger partial charge in [0.2, 0.25) is 0 Å². The molecule has 1 saturated heterocycles. The van der Waals surface area contributed by atoms with Crippen LogP contribution in [0.5, 0.6) is 0 Å². The van der Waals surface area contributed by atoms with Crippen molar-refractivity contribution in [3.8, 4) is 0 Å². The lowest BCUT2D eigenvalue weighted by Crippen LogP contribution is -2.46. The molecule has 1 spiro atoms. The maximum atomic E-state index is 11.4. The molecular formula is C13H16O4S2. The number of rotatable bonds is 1. The third kappa shape index (κ3) is 2.05. The van der Waals surface area contributed by atoms with E-state index in [0.717, 1.165) is 11.5 Å². The molecule has 0 aromatic rings. The summed E-state index contributed by atoms with van der Waals surface area (Å²) >= 11 is 3.48. The number of fused-ring (bicyclic) bond motifs is 2. The number of hydrogen-bond donors (Lipinski definition) is 3. The van der Waals surface area contributed by atoms with Crippen LogP contribution in [0.4, 0.5) is 0 Å². The standard InChI is InChI=1S/C13H16O4S2/c14-9-1-2-10(15)11-8(9)5-7(12(16)17)6-13(11)18-3-4-19-13/h1-2,7-8,11,14-15H,3-6H2,(H,16,17). The van der Waals surface area contributed by atoms with Crippen molar-refractivity contribution in [1.82, 2.24) is 0 Å². The summed E-state index contributed by atoms with van der Waals surface area (Å²) in [5.41, 5.74) is 0. The fraction of sp³-hybridized carbons (Fsp3) is 0.615. The van der Waals surface area contributed by atoms with Crippen molar-refractivity contribution in [2.75, 3.05) is 11.5 Å². The highest BCUT2D eigenvalue weighted by molar-refractivity contribution is 8.21. The van der Waals surface area contributed by atoms with E-state index in [9.17, 15) is 20.1 Å². The van der Waals surface area contributed by atoms with Crippen LogP contribution in [0.3, 0.4) is 0 Å². The van der Waals surface area contributed by atoms with Gasteiger partial charge in [-0.25, -0.2) is 0 Å². The Morgan fingerprint density at radius 2 is 1.84 bits per heavy atom. The quantitative estimate of drug-likeness (QED) is 0.691. The Balaban J connectivity index is 2.00. The molecule has 0 radical (unpaired) electrons. The largest absolute Gasteiger partial charge is 0.512 e. The summed E-state index contributed by atoms with van der Waals surface area (Å²) in [4.78, 5) is 11.4. The number of thioether (sulfide) groups is 2. The average Bonchev–Trinajstić information content (AvgIpc) is 2.82. The van der Waals surface area contributed by atoms with Crippen LogP contribution >= 0.6 is 23.5 Å². The molecule has 2 aliphatic carbocycles. The Hall–Kier alpha value is -0.750. The van der Waals surface area contributed by atoms with Crippen molar-refractivity contribution in [2.24, 2.45) is 17.8 Å². The molecule has 0 aromatic heterocycles. The predicted octanol–water partition coefficient (Wildman–Crippen LogP) is 2.79. The third-order valence-corrected chi connectivity index (χ3v) is 7.79. The molecule has 1 saturated carbocycles. The molecule has 3 unspecified atom stereocenters. The number of carboxylic acids is 1. The Kier molecular flexibility index (Phi) is 3.25. The molecule has 4 nitrogen and oxygen atoms in total. The van der Waals surface area contributed by atoms with Crippen LogP contribution in [0, 0.1) is 17.8 Å². The number of aliphatic carboxylic acids is 1. The van der Waals surface area contributed by atoms with Crippen LogP contribution in [-0.2, 0) is 4.79 Å². The zero-order valence-corrected chi connectivity index (χ0v) is 11.9. The second kappa shape index (κ2) is 4.66. The first-order valence-electron chi connectivity index (χ1n) is 6.34. The van der Waals surface area contributed by atoms with Gasteiger partial charge in [-0.2, -0.15) is 0 Å². The maximum Gasteiger partial charge on any atom is 0.306 e. The minimum atomic E-state index is -0.798. The number of aliphatic hydroxyl groups is 2. The summed E-state index contributed by atoms with van der Waals surface area (Å²) in [6, 6.07) is 0. The Morgan fingerprint density at radius 3 is 2.47 bits per heavy atom. The van der Waals surface area contributed by atoms with Gasteiger partial charge in [0.25, 0.3) is 0 Å². The number of carboxylic acid groups (broad SMARTS) is 1. The van der Waals surface area contributed by atoms with Gasteiger partial charge >= 0.3 is 5.97 Å². The second-order valence-corrected chi connectivity index (χ2v) is 8.36. The third-order valence-electron chi connectivity index (χ3n) is 4.19. The van der Waals surface area contributed by atoms with Gasteiger partial charge in [0.1, 0.15) is 0 Å². The van der Waals surface area contributed by atoms with Gasteiger partial charge in [0, 0.05) is 23.3 Å². The van der Waals surface area contributed by atoms with E-state index >= 15 is 0 Å². The number of hydrogen-bond acceptors (Lipinski definition) is 5. The van der Waals surface area contributed by atoms with E-state index in [1.165, 1.54) is 6.08 Å². The zero-order chi connectivity index (χ0) is 13.6. The van der Waals surface area contributed by atoms with E-state index in [2.05, 4.69) is 0 Å². The molecule has 3 rings (SSSR count). The van der Waals surface area contributed by atoms with Gasteiger partial charge in [-0.1, -0.05) is 0 Å². The normalized spacial score (nSPS) is 36.5. The highest BCUT2D eigenvalue weighted by Gasteiger charge is 2.56. The number of carbonyl (C=O) groups is 1. The van der Waals surface area contributed by atoms with E-state index in [1.807, 2.05) is 0 Å². The van der Waals surface area contributed by atoms with Crippen molar-refractivity contribution in [2.45, 2.75) is 16.9 Å². The van der Waals surface area contributed by atoms with E-state index < -0.39 is 11.9 Å². The Morgan fingerprint density at radius 1 is 1.21 bits per heavy atom. The summed E-state index contributed by atoms with van der Waals surface area (Å²) in [5.74, 6) is 0.766. The lowest BCUT2D eigenvalue weighted by molar-refractivity contribution is -0.143. The molecule has 1 heterocycles. The zero-order valence-electron chi connectivity index (χ0n) is 10.3. The monoisotopic (exact) mass is 300 g/mol. The smallest absolute Gasteiger partial charge is 0.306 e. The summed E-state index contributed by atoms with van der Waals surface area (Å²) in [5, 5.41) is 29.6. The molecule has 19 heavy (non-hydrogen) atoms. The lowest BCUT2D eigenvalue weighted by atomic mass is 9.70. The summed E-state index contributed by atoms with van der Waals surface area (Å²) in [6.07, 6.45) is 4.02. The lowest BCUT2D eigenvalue weighted by Gasteiger charge is -2.47. The van der Waals surface area contributed by atoms with Gasteiger partial charge in [0.05, 0.1) is 21.5 Å². The van der Waals surface area contributed by atoms with Crippen LogP contribution in [0.1, 0.15) is 12.8 Å². The highest BCUT2D eigenvalue weighted by atomic mass is 32.2. The van der Waals surface area contributed by atoms with Gasteiger partial charge in [0.15, 0.2) is 0 Å². The molecule has 1 aliphatic heterocycles. The molecule has 0 amide bonds. The number of aliphatic hydroxyl groups excluding tert-OH is 2. The van der Waals surface area contributed by atoms with E-state index in [1.54, 1.807) is 29.6 Å². The van der Waals surface area contributed by atoms with Crippen LogP contribution < -0.4 is 0 Å². The SMILES string of the molecule is O=C(O)C1CC2C(O)=CC=C(O)C2C2(C1)SCCS2. The summed E-state index contributed by atoms with van der Waals surface area (Å²) in [6.45, 7) is 0. The van der Waals surface area contributed by atoms with Gasteiger partial charge in [-0.05, 0) is 25.0 Å². The molecule has 2 fully saturated rings. The molecule has 6 heteroatoms. The Bertz CT molecular complexity index is 465. The van der Waals surface area contributed by atoms with E-state index in [0.29, 0.717) is 12.8 Å². The fourth-order valence-corrected chi connectivity index (χ4v) is 7.14. The molecule has 3 aliphatic rings. The topological polar surface area (TPSA) is 77.8 Å². The first kappa shape index (κ1) is 13.2. The molecule has 3 N–H and O–H groups in total. The molecule has 0 aromatic carbocycles. The van der Waals surface area contributed by atoms with Gasteiger partial charge in [-0.3, -0.25) is 4.79 Å². The first-order valence-corrected chi connectivity index (χ1v) is 8.31.